The summed E-state index contributed by atoms with van der Waals surface area (Å²) in [7, 11) is 0. The number of nitrogens with zero attached hydrogens (tertiary/aromatic N) is 1. The zero-order valence-electron chi connectivity index (χ0n) is 18.3. The molecule has 1 atom stereocenters. The molecule has 4 amide bonds. The second-order valence-electron chi connectivity index (χ2n) is 7.83. The summed E-state index contributed by atoms with van der Waals surface area (Å²) in [5.41, 5.74) is 0.0545. The van der Waals surface area contributed by atoms with Gasteiger partial charge in [0.2, 0.25) is 5.91 Å². The minimum atomic E-state index is -1.16. The highest BCUT2D eigenvalue weighted by molar-refractivity contribution is 6.10. The van der Waals surface area contributed by atoms with Gasteiger partial charge in [0.05, 0.1) is 0 Å². The number of urea groups is 1. The quantitative estimate of drug-likeness (QED) is 0.496. The van der Waals surface area contributed by atoms with Crippen LogP contribution in [0.4, 0.5) is 10.5 Å². The summed E-state index contributed by atoms with van der Waals surface area (Å²) in [5.74, 6) is 0.334. The van der Waals surface area contributed by atoms with Gasteiger partial charge in [-0.05, 0) is 36.2 Å². The molecule has 33 heavy (non-hydrogen) atoms. The minimum Gasteiger partial charge on any atom is -0.457 e. The van der Waals surface area contributed by atoms with Crippen molar-refractivity contribution >= 4 is 23.5 Å². The number of amides is 4. The van der Waals surface area contributed by atoms with E-state index in [2.05, 4.69) is 10.6 Å². The predicted molar refractivity (Wildman–Crippen MR) is 125 cm³/mol. The number of hydrogen-bond donors (Lipinski definition) is 2. The molecule has 0 aromatic heterocycles. The number of anilines is 1. The molecule has 1 aliphatic rings. The highest BCUT2D eigenvalue weighted by Gasteiger charge is 2.52. The van der Waals surface area contributed by atoms with Crippen LogP contribution in [0.3, 0.4) is 0 Å². The SMILES string of the molecule is CCCC1(c2ccccc2)NC(=O)N(CC(=O)Nc2cccc(Oc3ccccc3)c2)C1=O. The predicted octanol–water partition coefficient (Wildman–Crippen LogP) is 4.66. The minimum absolute atomic E-state index is 0.382. The van der Waals surface area contributed by atoms with E-state index in [0.29, 0.717) is 35.6 Å². The molecule has 0 bridgehead atoms. The lowest BCUT2D eigenvalue weighted by molar-refractivity contribution is -0.134. The van der Waals surface area contributed by atoms with Gasteiger partial charge < -0.3 is 15.4 Å². The smallest absolute Gasteiger partial charge is 0.325 e. The van der Waals surface area contributed by atoms with Gasteiger partial charge in [0.25, 0.3) is 5.91 Å². The number of hydrogen-bond acceptors (Lipinski definition) is 4. The zero-order valence-corrected chi connectivity index (χ0v) is 18.3. The van der Waals surface area contributed by atoms with E-state index in [1.54, 1.807) is 24.3 Å². The number of rotatable bonds is 8. The molecule has 1 fully saturated rings. The lowest BCUT2D eigenvalue weighted by Crippen LogP contribution is -2.44. The van der Waals surface area contributed by atoms with E-state index in [1.807, 2.05) is 67.6 Å². The van der Waals surface area contributed by atoms with Gasteiger partial charge in [0.1, 0.15) is 23.6 Å². The fourth-order valence-electron chi connectivity index (χ4n) is 3.98. The summed E-state index contributed by atoms with van der Waals surface area (Å²) >= 11 is 0. The van der Waals surface area contributed by atoms with Gasteiger partial charge in [0.15, 0.2) is 0 Å². The van der Waals surface area contributed by atoms with Gasteiger partial charge in [0, 0.05) is 11.8 Å². The van der Waals surface area contributed by atoms with Crippen molar-refractivity contribution in [3.8, 4) is 11.5 Å². The third-order valence-electron chi connectivity index (χ3n) is 5.47. The first kappa shape index (κ1) is 22.1. The molecule has 1 heterocycles. The number of carbonyl (C=O) groups is 3. The first-order valence-electron chi connectivity index (χ1n) is 10.8. The Bertz CT molecular complexity index is 1150. The standard InChI is InChI=1S/C26H25N3O4/c1-2-16-26(19-10-5-3-6-11-19)24(31)29(25(32)28-26)18-23(30)27-20-12-9-15-22(17-20)33-21-13-7-4-8-14-21/h3-15,17H,2,16,18H2,1H3,(H,27,30)(H,28,32). The summed E-state index contributed by atoms with van der Waals surface area (Å²) in [6.07, 6.45) is 1.13. The lowest BCUT2D eigenvalue weighted by Gasteiger charge is -2.26. The zero-order chi connectivity index (χ0) is 23.3. The molecule has 0 spiro atoms. The second kappa shape index (κ2) is 9.56. The fourth-order valence-corrected chi connectivity index (χ4v) is 3.98. The molecular weight excluding hydrogens is 418 g/mol. The number of para-hydroxylation sites is 1. The molecule has 3 aromatic carbocycles. The van der Waals surface area contributed by atoms with Crippen molar-refractivity contribution in [3.05, 3.63) is 90.5 Å². The summed E-state index contributed by atoms with van der Waals surface area (Å²) in [4.78, 5) is 39.7. The van der Waals surface area contributed by atoms with Crippen LogP contribution in [0, 0.1) is 0 Å². The summed E-state index contributed by atoms with van der Waals surface area (Å²) < 4.78 is 5.79. The van der Waals surface area contributed by atoms with Gasteiger partial charge in [-0.25, -0.2) is 4.79 Å². The monoisotopic (exact) mass is 443 g/mol. The molecule has 7 nitrogen and oxygen atoms in total. The van der Waals surface area contributed by atoms with Crippen LogP contribution in [-0.4, -0.2) is 29.3 Å². The van der Waals surface area contributed by atoms with Crippen LogP contribution < -0.4 is 15.4 Å². The van der Waals surface area contributed by atoms with Gasteiger partial charge in [-0.2, -0.15) is 0 Å². The molecule has 0 aliphatic carbocycles. The maximum Gasteiger partial charge on any atom is 0.325 e. The van der Waals surface area contributed by atoms with Crippen molar-refractivity contribution < 1.29 is 19.1 Å². The number of carbonyl (C=O) groups excluding carboxylic acids is 3. The van der Waals surface area contributed by atoms with Crippen LogP contribution in [0.1, 0.15) is 25.3 Å². The molecule has 1 aliphatic heterocycles. The molecular formula is C26H25N3O4. The van der Waals surface area contributed by atoms with Crippen LogP contribution >= 0.6 is 0 Å². The van der Waals surface area contributed by atoms with E-state index >= 15 is 0 Å². The number of benzene rings is 3. The normalized spacial score (nSPS) is 17.5. The Hall–Kier alpha value is -4.13. The van der Waals surface area contributed by atoms with Gasteiger partial charge in [-0.3, -0.25) is 14.5 Å². The van der Waals surface area contributed by atoms with Crippen molar-refractivity contribution in [1.82, 2.24) is 10.2 Å². The Morgan fingerprint density at radius 3 is 2.30 bits per heavy atom. The second-order valence-corrected chi connectivity index (χ2v) is 7.83. The fraction of sp³-hybridized carbons (Fsp3) is 0.192. The van der Waals surface area contributed by atoms with E-state index in [9.17, 15) is 14.4 Å². The molecule has 0 radical (unpaired) electrons. The highest BCUT2D eigenvalue weighted by Crippen LogP contribution is 2.33. The lowest BCUT2D eigenvalue weighted by atomic mass is 9.85. The summed E-state index contributed by atoms with van der Waals surface area (Å²) in [6.45, 7) is 1.57. The summed E-state index contributed by atoms with van der Waals surface area (Å²) in [6, 6.07) is 24.8. The molecule has 4 rings (SSSR count). The van der Waals surface area contributed by atoms with E-state index < -0.39 is 23.4 Å². The van der Waals surface area contributed by atoms with Gasteiger partial charge in [-0.15, -0.1) is 0 Å². The Morgan fingerprint density at radius 1 is 0.939 bits per heavy atom. The van der Waals surface area contributed by atoms with Crippen LogP contribution in [0.15, 0.2) is 84.9 Å². The Labute approximate surface area is 192 Å². The van der Waals surface area contributed by atoms with Crippen molar-refractivity contribution in [1.29, 1.82) is 0 Å². The highest BCUT2D eigenvalue weighted by atomic mass is 16.5. The molecule has 1 saturated heterocycles. The molecule has 0 saturated carbocycles. The Morgan fingerprint density at radius 2 is 1.61 bits per heavy atom. The average Bonchev–Trinajstić information content (AvgIpc) is 3.06. The Balaban J connectivity index is 1.46. The van der Waals surface area contributed by atoms with Gasteiger partial charge >= 0.3 is 6.03 Å². The van der Waals surface area contributed by atoms with Crippen LogP contribution in [0.2, 0.25) is 0 Å². The first-order valence-corrected chi connectivity index (χ1v) is 10.8. The average molecular weight is 444 g/mol. The number of imide groups is 1. The Kier molecular flexibility index (Phi) is 6.40. The largest absolute Gasteiger partial charge is 0.457 e. The van der Waals surface area contributed by atoms with Gasteiger partial charge in [-0.1, -0.05) is 67.9 Å². The molecule has 1 unspecified atom stereocenters. The maximum absolute atomic E-state index is 13.3. The number of ether oxygens (including phenoxy) is 1. The summed E-state index contributed by atoms with van der Waals surface area (Å²) in [5, 5.41) is 5.57. The van der Waals surface area contributed by atoms with Crippen molar-refractivity contribution in [3.63, 3.8) is 0 Å². The van der Waals surface area contributed by atoms with Crippen LogP contribution in [-0.2, 0) is 15.1 Å². The van der Waals surface area contributed by atoms with E-state index in [4.69, 9.17) is 4.74 Å². The van der Waals surface area contributed by atoms with E-state index in [-0.39, 0.29) is 6.54 Å². The number of nitrogens with one attached hydrogen (secondary N) is 2. The topological polar surface area (TPSA) is 87.7 Å². The first-order chi connectivity index (χ1) is 16.0. The molecule has 2 N–H and O–H groups in total. The third kappa shape index (κ3) is 4.72. The van der Waals surface area contributed by atoms with Crippen molar-refractivity contribution in [2.24, 2.45) is 0 Å². The van der Waals surface area contributed by atoms with Crippen molar-refractivity contribution in [2.75, 3.05) is 11.9 Å². The molecule has 7 heteroatoms. The van der Waals surface area contributed by atoms with Crippen molar-refractivity contribution in [2.45, 2.75) is 25.3 Å². The van der Waals surface area contributed by atoms with Crippen LogP contribution in [0.25, 0.3) is 0 Å². The maximum atomic E-state index is 13.3. The van der Waals surface area contributed by atoms with Crippen LogP contribution in [0.5, 0.6) is 11.5 Å². The third-order valence-corrected chi connectivity index (χ3v) is 5.47. The van der Waals surface area contributed by atoms with E-state index in [0.717, 1.165) is 4.90 Å². The van der Waals surface area contributed by atoms with E-state index in [1.165, 1.54) is 0 Å². The molecule has 3 aromatic rings. The molecule has 168 valence electrons.